The van der Waals surface area contributed by atoms with Gasteiger partial charge < -0.3 is 0 Å². The zero-order valence-electron chi connectivity index (χ0n) is 8.65. The Hall–Kier alpha value is 0. The average molecular weight is 168 g/mol. The van der Waals surface area contributed by atoms with Crippen molar-refractivity contribution in [2.75, 3.05) is 0 Å². The van der Waals surface area contributed by atoms with Crippen molar-refractivity contribution in [1.82, 2.24) is 0 Å². The number of rotatable bonds is 3. The summed E-state index contributed by atoms with van der Waals surface area (Å²) in [6.07, 6.45) is 10.7. The molecule has 2 radical (unpaired) electrons. The van der Waals surface area contributed by atoms with Crippen LogP contribution in [-0.4, -0.2) is 0 Å². The van der Waals surface area contributed by atoms with Crippen molar-refractivity contribution in [1.29, 1.82) is 0 Å². The highest BCUT2D eigenvalue weighted by Gasteiger charge is 2.07. The maximum atomic E-state index is 3.94. The molecule has 12 heavy (non-hydrogen) atoms. The summed E-state index contributed by atoms with van der Waals surface area (Å²) < 4.78 is 0. The van der Waals surface area contributed by atoms with Crippen LogP contribution < -0.4 is 0 Å². The lowest BCUT2D eigenvalue weighted by Crippen LogP contribution is -1.79. The molecule has 0 bridgehead atoms. The van der Waals surface area contributed by atoms with Gasteiger partial charge >= 0.3 is 0 Å². The van der Waals surface area contributed by atoms with Crippen LogP contribution >= 0.6 is 0 Å². The molecule has 0 nitrogen and oxygen atoms in total. The number of hydrogen-bond donors (Lipinski definition) is 0. The van der Waals surface area contributed by atoms with Crippen LogP contribution in [-0.2, 0) is 0 Å². The molecule has 0 heterocycles. The minimum absolute atomic E-state index is 0.796. The van der Waals surface area contributed by atoms with E-state index >= 15 is 0 Å². The second-order valence-corrected chi connectivity index (χ2v) is 3.71. The van der Waals surface area contributed by atoms with Gasteiger partial charge in [-0.1, -0.05) is 72.1 Å². The monoisotopic (exact) mass is 168 g/mol. The third-order valence-electron chi connectivity index (χ3n) is 2.33. The van der Waals surface area contributed by atoms with Crippen molar-refractivity contribution in [2.45, 2.75) is 58.3 Å². The third-order valence-corrected chi connectivity index (χ3v) is 2.33. The van der Waals surface area contributed by atoms with Crippen LogP contribution in [0, 0.1) is 19.8 Å². The van der Waals surface area contributed by atoms with Gasteiger partial charge in [0.25, 0.3) is 0 Å². The summed E-state index contributed by atoms with van der Waals surface area (Å²) in [6.45, 7) is 9.86. The van der Waals surface area contributed by atoms with Gasteiger partial charge in [0.15, 0.2) is 0 Å². The fourth-order valence-electron chi connectivity index (χ4n) is 1.44. The summed E-state index contributed by atoms with van der Waals surface area (Å²) >= 11 is 0. The van der Waals surface area contributed by atoms with E-state index in [0.717, 1.165) is 12.3 Å². The van der Waals surface area contributed by atoms with E-state index in [9.17, 15) is 0 Å². The van der Waals surface area contributed by atoms with E-state index in [4.69, 9.17) is 0 Å². The standard InChI is InChI=1S/C6H11.C6H13/c1-6-4-2-3-5-6;1-3-5-6-4-2/h6H,1-5H2;1,3-6H2,2H3. The highest BCUT2D eigenvalue weighted by molar-refractivity contribution is 4.67. The van der Waals surface area contributed by atoms with Crippen LogP contribution in [0.5, 0.6) is 0 Å². The lowest BCUT2D eigenvalue weighted by molar-refractivity contribution is 0.681. The molecule has 0 aromatic carbocycles. The zero-order chi connectivity index (χ0) is 9.23. The van der Waals surface area contributed by atoms with Crippen molar-refractivity contribution >= 4 is 0 Å². The molecule has 0 unspecified atom stereocenters. The first-order valence-electron chi connectivity index (χ1n) is 5.43. The highest BCUT2D eigenvalue weighted by Crippen LogP contribution is 2.22. The zero-order valence-corrected chi connectivity index (χ0v) is 8.65. The van der Waals surface area contributed by atoms with Crippen LogP contribution in [0.4, 0.5) is 0 Å². The molecule has 1 fully saturated rings. The van der Waals surface area contributed by atoms with Gasteiger partial charge in [-0.25, -0.2) is 0 Å². The Labute approximate surface area is 78.8 Å². The highest BCUT2D eigenvalue weighted by atomic mass is 14.1. The minimum Gasteiger partial charge on any atom is -0.0654 e. The Morgan fingerprint density at radius 1 is 1.17 bits per heavy atom. The van der Waals surface area contributed by atoms with Crippen molar-refractivity contribution in [3.05, 3.63) is 13.8 Å². The topological polar surface area (TPSA) is 0 Å². The molecule has 1 rings (SSSR count). The van der Waals surface area contributed by atoms with Gasteiger partial charge in [-0.15, -0.1) is 0 Å². The summed E-state index contributed by atoms with van der Waals surface area (Å²) in [5.74, 6) is 0.796. The van der Waals surface area contributed by atoms with Gasteiger partial charge in [0, 0.05) is 0 Å². The molecule has 1 aliphatic carbocycles. The Balaban J connectivity index is 0.000000202. The minimum atomic E-state index is 0.796. The van der Waals surface area contributed by atoms with E-state index in [0.29, 0.717) is 0 Å². The normalized spacial score (nSPS) is 17.2. The van der Waals surface area contributed by atoms with Gasteiger partial charge in [0.05, 0.1) is 0 Å². The fraction of sp³-hybridized carbons (Fsp3) is 0.833. The SMILES string of the molecule is [CH2]C1CCCC1.[CH2]CCCCC. The largest absolute Gasteiger partial charge is 0.0654 e. The van der Waals surface area contributed by atoms with Crippen molar-refractivity contribution in [3.8, 4) is 0 Å². The first kappa shape index (κ1) is 12.0. The van der Waals surface area contributed by atoms with Crippen LogP contribution in [0.1, 0.15) is 58.3 Å². The van der Waals surface area contributed by atoms with Crippen LogP contribution in [0.15, 0.2) is 0 Å². The lowest BCUT2D eigenvalue weighted by atomic mass is 10.2. The van der Waals surface area contributed by atoms with Crippen LogP contribution in [0.25, 0.3) is 0 Å². The Morgan fingerprint density at radius 2 is 1.75 bits per heavy atom. The van der Waals surface area contributed by atoms with E-state index < -0.39 is 0 Å². The fourth-order valence-corrected chi connectivity index (χ4v) is 1.44. The van der Waals surface area contributed by atoms with Gasteiger partial charge in [-0.3, -0.25) is 0 Å². The lowest BCUT2D eigenvalue weighted by Gasteiger charge is -1.91. The Kier molecular flexibility index (Phi) is 9.09. The van der Waals surface area contributed by atoms with E-state index in [1.807, 2.05) is 0 Å². The summed E-state index contributed by atoms with van der Waals surface area (Å²) in [6, 6.07) is 0. The summed E-state index contributed by atoms with van der Waals surface area (Å²) in [7, 11) is 0. The molecule has 0 amide bonds. The van der Waals surface area contributed by atoms with Gasteiger partial charge in [0.2, 0.25) is 0 Å². The molecule has 0 spiro atoms. The molecule has 1 saturated carbocycles. The number of unbranched alkanes of at least 4 members (excludes halogenated alkanes) is 3. The van der Waals surface area contributed by atoms with Crippen molar-refractivity contribution < 1.29 is 0 Å². The molecule has 0 aromatic heterocycles. The smallest absolute Gasteiger partial charge is 0.0414 e. The molecule has 1 aliphatic rings. The van der Waals surface area contributed by atoms with E-state index in [2.05, 4.69) is 20.8 Å². The molecular weight excluding hydrogens is 144 g/mol. The second kappa shape index (κ2) is 9.09. The van der Waals surface area contributed by atoms with E-state index in [1.165, 1.54) is 44.9 Å². The first-order chi connectivity index (χ1) is 5.81. The summed E-state index contributed by atoms with van der Waals surface area (Å²) in [4.78, 5) is 0. The van der Waals surface area contributed by atoms with Crippen molar-refractivity contribution in [3.63, 3.8) is 0 Å². The molecule has 0 aromatic rings. The molecular formula is C12H24. The maximum absolute atomic E-state index is 3.94. The molecule has 0 saturated heterocycles. The van der Waals surface area contributed by atoms with Crippen molar-refractivity contribution in [2.24, 2.45) is 5.92 Å². The Bertz CT molecular complexity index is 66.1. The predicted molar refractivity (Wildman–Crippen MR) is 56.8 cm³/mol. The second-order valence-electron chi connectivity index (χ2n) is 3.71. The quantitative estimate of drug-likeness (QED) is 0.547. The van der Waals surface area contributed by atoms with Gasteiger partial charge in [0.1, 0.15) is 0 Å². The molecule has 0 atom stereocenters. The third kappa shape index (κ3) is 8.10. The summed E-state index contributed by atoms with van der Waals surface area (Å²) in [5, 5.41) is 0. The number of hydrogen-bond acceptors (Lipinski definition) is 0. The van der Waals surface area contributed by atoms with Gasteiger partial charge in [-0.2, -0.15) is 0 Å². The molecule has 72 valence electrons. The van der Waals surface area contributed by atoms with E-state index in [-0.39, 0.29) is 0 Å². The Morgan fingerprint density at radius 3 is 1.92 bits per heavy atom. The predicted octanol–water partition coefficient (Wildman–Crippen LogP) is 4.41. The maximum Gasteiger partial charge on any atom is -0.0414 e. The summed E-state index contributed by atoms with van der Waals surface area (Å²) in [5.41, 5.74) is 0. The average Bonchev–Trinajstić information content (AvgIpc) is 2.53. The molecule has 0 aliphatic heterocycles. The van der Waals surface area contributed by atoms with Gasteiger partial charge in [-0.05, 0) is 5.92 Å². The van der Waals surface area contributed by atoms with Crippen LogP contribution in [0.3, 0.4) is 0 Å². The molecule has 0 heteroatoms. The molecule has 0 N–H and O–H groups in total. The first-order valence-corrected chi connectivity index (χ1v) is 5.43. The van der Waals surface area contributed by atoms with Crippen LogP contribution in [0.2, 0.25) is 0 Å². The van der Waals surface area contributed by atoms with E-state index in [1.54, 1.807) is 0 Å².